The van der Waals surface area contributed by atoms with E-state index in [-0.39, 0.29) is 5.91 Å². The molecule has 1 aromatic carbocycles. The van der Waals surface area contributed by atoms with Crippen LogP contribution < -0.4 is 5.32 Å². The number of thioether (sulfide) groups is 1. The molecule has 0 aliphatic carbocycles. The number of hydrogen-bond donors (Lipinski definition) is 1. The second kappa shape index (κ2) is 7.83. The number of amides is 1. The second-order valence-corrected chi connectivity index (χ2v) is 6.02. The van der Waals surface area contributed by atoms with Crippen molar-refractivity contribution >= 4 is 17.7 Å². The molecule has 0 atom stereocenters. The Labute approximate surface area is 144 Å². The van der Waals surface area contributed by atoms with Gasteiger partial charge in [0.2, 0.25) is 5.91 Å². The van der Waals surface area contributed by atoms with Crippen molar-refractivity contribution in [1.29, 1.82) is 0 Å². The maximum atomic E-state index is 12.0. The van der Waals surface area contributed by atoms with Gasteiger partial charge in [0, 0.05) is 13.1 Å². The minimum Gasteiger partial charge on any atom is -0.461 e. The third-order valence-corrected chi connectivity index (χ3v) is 4.41. The van der Waals surface area contributed by atoms with Crippen LogP contribution in [-0.4, -0.2) is 26.4 Å². The smallest absolute Gasteiger partial charge is 0.230 e. The highest BCUT2D eigenvalue weighted by molar-refractivity contribution is 7.99. The number of hydrogen-bond acceptors (Lipinski definition) is 5. The van der Waals surface area contributed by atoms with Crippen molar-refractivity contribution in [1.82, 2.24) is 20.1 Å². The molecule has 0 saturated heterocycles. The first kappa shape index (κ1) is 16.3. The van der Waals surface area contributed by atoms with Crippen LogP contribution in [0.1, 0.15) is 12.5 Å². The van der Waals surface area contributed by atoms with Gasteiger partial charge in [-0.15, -0.1) is 10.2 Å². The number of nitrogens with zero attached hydrogens (tertiary/aromatic N) is 3. The van der Waals surface area contributed by atoms with Gasteiger partial charge in [0.25, 0.3) is 0 Å². The number of aromatic nitrogens is 3. The number of carbonyl (C=O) groups is 1. The van der Waals surface area contributed by atoms with E-state index in [1.165, 1.54) is 11.8 Å². The molecule has 0 aliphatic heterocycles. The molecule has 0 spiro atoms. The molecule has 0 unspecified atom stereocenters. The lowest BCUT2D eigenvalue weighted by atomic mass is 10.2. The molecular formula is C17H18N4O2S. The molecule has 0 aliphatic rings. The van der Waals surface area contributed by atoms with Crippen LogP contribution in [0.15, 0.2) is 58.3 Å². The van der Waals surface area contributed by atoms with Gasteiger partial charge in [-0.25, -0.2) is 0 Å². The maximum absolute atomic E-state index is 12.0. The number of benzene rings is 1. The lowest BCUT2D eigenvalue weighted by molar-refractivity contribution is -0.118. The molecule has 0 bridgehead atoms. The van der Waals surface area contributed by atoms with Gasteiger partial charge in [0.15, 0.2) is 16.7 Å². The highest BCUT2D eigenvalue weighted by Gasteiger charge is 2.16. The molecule has 6 nitrogen and oxygen atoms in total. The van der Waals surface area contributed by atoms with Crippen molar-refractivity contribution in [2.75, 3.05) is 5.75 Å². The van der Waals surface area contributed by atoms with E-state index in [1.807, 2.05) is 54.0 Å². The molecule has 0 fully saturated rings. The second-order valence-electron chi connectivity index (χ2n) is 5.08. The summed E-state index contributed by atoms with van der Waals surface area (Å²) < 4.78 is 7.32. The van der Waals surface area contributed by atoms with Crippen LogP contribution in [0.2, 0.25) is 0 Å². The van der Waals surface area contributed by atoms with Gasteiger partial charge in [-0.3, -0.25) is 9.36 Å². The van der Waals surface area contributed by atoms with Crippen molar-refractivity contribution in [3.8, 4) is 11.6 Å². The molecule has 1 N–H and O–H groups in total. The van der Waals surface area contributed by atoms with Crippen LogP contribution in [0.25, 0.3) is 11.6 Å². The SMILES string of the molecule is CCn1c(SCC(=O)NCc2ccccc2)nnc1-c1ccco1. The predicted octanol–water partition coefficient (Wildman–Crippen LogP) is 2.97. The summed E-state index contributed by atoms with van der Waals surface area (Å²) in [6.45, 7) is 3.24. The van der Waals surface area contributed by atoms with Gasteiger partial charge >= 0.3 is 0 Å². The molecule has 0 saturated carbocycles. The largest absolute Gasteiger partial charge is 0.461 e. The van der Waals surface area contributed by atoms with Crippen LogP contribution in [0.4, 0.5) is 0 Å². The van der Waals surface area contributed by atoms with Gasteiger partial charge in [-0.05, 0) is 24.6 Å². The van der Waals surface area contributed by atoms with Gasteiger partial charge in [-0.2, -0.15) is 0 Å². The Morgan fingerprint density at radius 1 is 1.21 bits per heavy atom. The summed E-state index contributed by atoms with van der Waals surface area (Å²) in [6.07, 6.45) is 1.61. The third kappa shape index (κ3) is 3.86. The molecule has 7 heteroatoms. The fourth-order valence-corrected chi connectivity index (χ4v) is 3.08. The monoisotopic (exact) mass is 342 g/mol. The number of carbonyl (C=O) groups excluding carboxylic acids is 1. The van der Waals surface area contributed by atoms with Crippen molar-refractivity contribution in [3.05, 3.63) is 54.3 Å². The van der Waals surface area contributed by atoms with Gasteiger partial charge < -0.3 is 9.73 Å². The highest BCUT2D eigenvalue weighted by atomic mass is 32.2. The van der Waals surface area contributed by atoms with Gasteiger partial charge in [0.1, 0.15) is 0 Å². The van der Waals surface area contributed by atoms with Crippen molar-refractivity contribution < 1.29 is 9.21 Å². The van der Waals surface area contributed by atoms with Gasteiger partial charge in [-0.1, -0.05) is 42.1 Å². The molecule has 2 heterocycles. The van der Waals surface area contributed by atoms with Gasteiger partial charge in [0.05, 0.1) is 12.0 Å². The number of rotatable bonds is 7. The molecule has 2 aromatic heterocycles. The number of furan rings is 1. The maximum Gasteiger partial charge on any atom is 0.230 e. The average Bonchev–Trinajstić information content (AvgIpc) is 3.27. The van der Waals surface area contributed by atoms with E-state index in [2.05, 4.69) is 15.5 Å². The topological polar surface area (TPSA) is 73.0 Å². The van der Waals surface area contributed by atoms with E-state index in [9.17, 15) is 4.79 Å². The van der Waals surface area contributed by atoms with Crippen LogP contribution >= 0.6 is 11.8 Å². The first-order valence-corrected chi connectivity index (χ1v) is 8.67. The summed E-state index contributed by atoms with van der Waals surface area (Å²) in [7, 11) is 0. The molecule has 3 aromatic rings. The Morgan fingerprint density at radius 2 is 2.04 bits per heavy atom. The summed E-state index contributed by atoms with van der Waals surface area (Å²) in [5, 5.41) is 11.9. The van der Waals surface area contributed by atoms with E-state index in [0.29, 0.717) is 35.6 Å². The molecule has 1 amide bonds. The lowest BCUT2D eigenvalue weighted by Crippen LogP contribution is -2.24. The number of nitrogens with one attached hydrogen (secondary N) is 1. The van der Waals surface area contributed by atoms with E-state index in [0.717, 1.165) is 5.56 Å². The summed E-state index contributed by atoms with van der Waals surface area (Å²) in [4.78, 5) is 12.0. The van der Waals surface area contributed by atoms with Crippen LogP contribution in [0.3, 0.4) is 0 Å². The molecule has 124 valence electrons. The third-order valence-electron chi connectivity index (χ3n) is 3.44. The van der Waals surface area contributed by atoms with Crippen LogP contribution in [-0.2, 0) is 17.9 Å². The Kier molecular flexibility index (Phi) is 5.32. The van der Waals surface area contributed by atoms with E-state index < -0.39 is 0 Å². The Balaban J connectivity index is 1.57. The fourth-order valence-electron chi connectivity index (χ4n) is 2.25. The average molecular weight is 342 g/mol. The zero-order valence-electron chi connectivity index (χ0n) is 13.3. The normalized spacial score (nSPS) is 10.7. The Hall–Kier alpha value is -2.54. The van der Waals surface area contributed by atoms with E-state index >= 15 is 0 Å². The van der Waals surface area contributed by atoms with Crippen LogP contribution in [0, 0.1) is 0 Å². The molecule has 3 rings (SSSR count). The highest BCUT2D eigenvalue weighted by Crippen LogP contribution is 2.24. The minimum absolute atomic E-state index is 0.0333. The Morgan fingerprint density at radius 3 is 2.75 bits per heavy atom. The summed E-state index contributed by atoms with van der Waals surface area (Å²) in [6, 6.07) is 13.5. The van der Waals surface area contributed by atoms with E-state index in [1.54, 1.807) is 6.26 Å². The van der Waals surface area contributed by atoms with Crippen molar-refractivity contribution in [2.45, 2.75) is 25.2 Å². The van der Waals surface area contributed by atoms with E-state index in [4.69, 9.17) is 4.42 Å². The first-order valence-electron chi connectivity index (χ1n) is 7.68. The lowest BCUT2D eigenvalue weighted by Gasteiger charge is -2.07. The zero-order chi connectivity index (χ0) is 16.8. The quantitative estimate of drug-likeness (QED) is 0.668. The van der Waals surface area contributed by atoms with Crippen LogP contribution in [0.5, 0.6) is 0 Å². The molecule has 0 radical (unpaired) electrons. The molecular weight excluding hydrogens is 324 g/mol. The summed E-state index contributed by atoms with van der Waals surface area (Å²) >= 11 is 1.37. The molecule has 24 heavy (non-hydrogen) atoms. The zero-order valence-corrected chi connectivity index (χ0v) is 14.1. The fraction of sp³-hybridized carbons (Fsp3) is 0.235. The summed E-state index contributed by atoms with van der Waals surface area (Å²) in [5.74, 6) is 1.61. The summed E-state index contributed by atoms with van der Waals surface area (Å²) in [5.41, 5.74) is 1.08. The van der Waals surface area contributed by atoms with Crippen molar-refractivity contribution in [3.63, 3.8) is 0 Å². The van der Waals surface area contributed by atoms with Crippen molar-refractivity contribution in [2.24, 2.45) is 0 Å². The Bertz CT molecular complexity index is 784. The predicted molar refractivity (Wildman–Crippen MR) is 92.4 cm³/mol. The minimum atomic E-state index is -0.0333. The first-order chi connectivity index (χ1) is 11.8. The standard InChI is InChI=1S/C17H18N4O2S/c1-2-21-16(14-9-6-10-23-14)19-20-17(21)24-12-15(22)18-11-13-7-4-3-5-8-13/h3-10H,2,11-12H2,1H3,(H,18,22).